The molecule has 0 aliphatic heterocycles. The fourth-order valence-electron chi connectivity index (χ4n) is 1.65. The molecule has 2 rings (SSSR count). The molecule has 2 heterocycles. The molecule has 17 heavy (non-hydrogen) atoms. The summed E-state index contributed by atoms with van der Waals surface area (Å²) in [7, 11) is 0. The molecular formula is C13H18ClN3. The second-order valence-corrected chi connectivity index (χ2v) is 5.37. The fraction of sp³-hybridized carbons (Fsp3) is 0.538. The van der Waals surface area contributed by atoms with Gasteiger partial charge in [-0.1, -0.05) is 39.3 Å². The maximum absolute atomic E-state index is 6.21. The van der Waals surface area contributed by atoms with Crippen LogP contribution in [0.4, 0.5) is 0 Å². The maximum atomic E-state index is 6.21. The largest absolute Gasteiger partial charge is 0.211 e. The van der Waals surface area contributed by atoms with Gasteiger partial charge < -0.3 is 0 Å². The standard InChI is InChI=1S/C13H18ClN3/c1-5-9-7-10(14)17-11(8-9)15-12(16-17)13(3,4)6-2/h7-8H,5-6H2,1-4H3. The molecule has 0 fully saturated rings. The highest BCUT2D eigenvalue weighted by Gasteiger charge is 2.24. The number of hydrogen-bond donors (Lipinski definition) is 0. The lowest BCUT2D eigenvalue weighted by molar-refractivity contribution is 0.473. The van der Waals surface area contributed by atoms with Crippen LogP contribution in [0.5, 0.6) is 0 Å². The van der Waals surface area contributed by atoms with Crippen LogP contribution in [0.3, 0.4) is 0 Å². The van der Waals surface area contributed by atoms with Crippen LogP contribution in [-0.4, -0.2) is 14.6 Å². The topological polar surface area (TPSA) is 30.2 Å². The maximum Gasteiger partial charge on any atom is 0.157 e. The number of fused-ring (bicyclic) bond motifs is 1. The van der Waals surface area contributed by atoms with Crippen molar-refractivity contribution in [1.29, 1.82) is 0 Å². The normalized spacial score (nSPS) is 12.3. The molecule has 2 aromatic heterocycles. The molecule has 0 unspecified atom stereocenters. The van der Waals surface area contributed by atoms with Gasteiger partial charge in [-0.2, -0.15) is 0 Å². The molecule has 0 atom stereocenters. The van der Waals surface area contributed by atoms with Crippen molar-refractivity contribution in [3.63, 3.8) is 0 Å². The Balaban J connectivity index is 2.61. The van der Waals surface area contributed by atoms with Gasteiger partial charge in [0.05, 0.1) is 0 Å². The summed E-state index contributed by atoms with van der Waals surface area (Å²) in [4.78, 5) is 4.59. The summed E-state index contributed by atoms with van der Waals surface area (Å²) in [5.41, 5.74) is 2.02. The van der Waals surface area contributed by atoms with E-state index in [1.807, 2.05) is 12.1 Å². The smallest absolute Gasteiger partial charge is 0.157 e. The first-order chi connectivity index (χ1) is 7.97. The molecular weight excluding hydrogens is 234 g/mol. The number of halogens is 1. The molecule has 0 spiro atoms. The van der Waals surface area contributed by atoms with E-state index >= 15 is 0 Å². The number of hydrogen-bond acceptors (Lipinski definition) is 2. The van der Waals surface area contributed by atoms with E-state index in [9.17, 15) is 0 Å². The van der Waals surface area contributed by atoms with Crippen molar-refractivity contribution in [3.8, 4) is 0 Å². The monoisotopic (exact) mass is 251 g/mol. The summed E-state index contributed by atoms with van der Waals surface area (Å²) >= 11 is 6.21. The van der Waals surface area contributed by atoms with Crippen LogP contribution in [0.2, 0.25) is 5.15 Å². The Morgan fingerprint density at radius 2 is 2.00 bits per heavy atom. The zero-order valence-electron chi connectivity index (χ0n) is 10.8. The number of rotatable bonds is 3. The number of aryl methyl sites for hydroxylation is 1. The highest BCUT2D eigenvalue weighted by Crippen LogP contribution is 2.25. The van der Waals surface area contributed by atoms with E-state index in [2.05, 4.69) is 37.8 Å². The van der Waals surface area contributed by atoms with E-state index < -0.39 is 0 Å². The number of nitrogens with zero attached hydrogens (tertiary/aromatic N) is 3. The van der Waals surface area contributed by atoms with Gasteiger partial charge in [0.1, 0.15) is 5.15 Å². The van der Waals surface area contributed by atoms with Crippen molar-refractivity contribution in [3.05, 3.63) is 28.7 Å². The van der Waals surface area contributed by atoms with Gasteiger partial charge in [0, 0.05) is 5.41 Å². The highest BCUT2D eigenvalue weighted by molar-refractivity contribution is 6.29. The Hall–Kier alpha value is -1.09. The molecule has 0 aliphatic carbocycles. The quantitative estimate of drug-likeness (QED) is 0.780. The van der Waals surface area contributed by atoms with Crippen LogP contribution in [0.15, 0.2) is 12.1 Å². The first-order valence-corrected chi connectivity index (χ1v) is 6.41. The van der Waals surface area contributed by atoms with E-state index in [1.54, 1.807) is 4.52 Å². The van der Waals surface area contributed by atoms with Crippen LogP contribution in [0.25, 0.3) is 5.65 Å². The summed E-state index contributed by atoms with van der Waals surface area (Å²) < 4.78 is 1.72. The van der Waals surface area contributed by atoms with Crippen LogP contribution in [0.1, 0.15) is 45.5 Å². The van der Waals surface area contributed by atoms with Crippen molar-refractivity contribution in [2.45, 2.75) is 46.0 Å². The molecule has 2 aromatic rings. The molecule has 0 amide bonds. The van der Waals surface area contributed by atoms with Gasteiger partial charge in [0.2, 0.25) is 0 Å². The zero-order chi connectivity index (χ0) is 12.6. The molecule has 0 aliphatic rings. The second kappa shape index (κ2) is 4.30. The highest BCUT2D eigenvalue weighted by atomic mass is 35.5. The Kier molecular flexibility index (Phi) is 3.13. The van der Waals surface area contributed by atoms with Crippen molar-refractivity contribution < 1.29 is 0 Å². The van der Waals surface area contributed by atoms with Crippen LogP contribution < -0.4 is 0 Å². The lowest BCUT2D eigenvalue weighted by Gasteiger charge is -2.17. The van der Waals surface area contributed by atoms with Crippen molar-refractivity contribution >= 4 is 17.2 Å². The minimum absolute atomic E-state index is 0.0122. The Bertz CT molecular complexity index is 543. The SMILES string of the molecule is CCc1cc(Cl)n2nc(C(C)(C)CC)nc2c1. The molecule has 0 aromatic carbocycles. The Morgan fingerprint density at radius 1 is 1.29 bits per heavy atom. The Morgan fingerprint density at radius 3 is 2.59 bits per heavy atom. The molecule has 4 heteroatoms. The average molecular weight is 252 g/mol. The van der Waals surface area contributed by atoms with E-state index in [1.165, 1.54) is 5.56 Å². The summed E-state index contributed by atoms with van der Waals surface area (Å²) in [6.45, 7) is 8.55. The lowest BCUT2D eigenvalue weighted by Crippen LogP contribution is -2.17. The summed E-state index contributed by atoms with van der Waals surface area (Å²) in [6.07, 6.45) is 1.96. The Labute approximate surface area is 107 Å². The zero-order valence-corrected chi connectivity index (χ0v) is 11.5. The molecule has 0 bridgehead atoms. The lowest BCUT2D eigenvalue weighted by atomic mass is 9.90. The first-order valence-electron chi connectivity index (χ1n) is 6.03. The number of aromatic nitrogens is 3. The third-order valence-electron chi connectivity index (χ3n) is 3.35. The molecule has 0 radical (unpaired) electrons. The van der Waals surface area contributed by atoms with Gasteiger partial charge in [-0.3, -0.25) is 0 Å². The fourth-order valence-corrected chi connectivity index (χ4v) is 1.91. The van der Waals surface area contributed by atoms with E-state index in [0.717, 1.165) is 24.3 Å². The van der Waals surface area contributed by atoms with Gasteiger partial charge in [0.15, 0.2) is 11.5 Å². The van der Waals surface area contributed by atoms with Gasteiger partial charge in [0.25, 0.3) is 0 Å². The van der Waals surface area contributed by atoms with Gasteiger partial charge >= 0.3 is 0 Å². The molecule has 0 N–H and O–H groups in total. The van der Waals surface area contributed by atoms with Crippen LogP contribution in [0, 0.1) is 0 Å². The average Bonchev–Trinajstić information content (AvgIpc) is 2.74. The minimum atomic E-state index is -0.0122. The molecule has 0 saturated carbocycles. The number of pyridine rings is 1. The molecule has 0 saturated heterocycles. The van der Waals surface area contributed by atoms with Gasteiger partial charge in [-0.15, -0.1) is 5.10 Å². The summed E-state index contributed by atoms with van der Waals surface area (Å²) in [5.74, 6) is 0.857. The first kappa shape index (κ1) is 12.4. The van der Waals surface area contributed by atoms with Crippen molar-refractivity contribution in [2.24, 2.45) is 0 Å². The van der Waals surface area contributed by atoms with Crippen molar-refractivity contribution in [1.82, 2.24) is 14.6 Å². The summed E-state index contributed by atoms with van der Waals surface area (Å²) in [6, 6.07) is 4.00. The van der Waals surface area contributed by atoms with Crippen LogP contribution in [-0.2, 0) is 11.8 Å². The molecule has 92 valence electrons. The predicted octanol–water partition coefficient (Wildman–Crippen LogP) is 3.63. The molecule has 3 nitrogen and oxygen atoms in total. The van der Waals surface area contributed by atoms with E-state index in [0.29, 0.717) is 5.15 Å². The third-order valence-corrected chi connectivity index (χ3v) is 3.62. The summed E-state index contributed by atoms with van der Waals surface area (Å²) in [5, 5.41) is 5.13. The third kappa shape index (κ3) is 2.16. The van der Waals surface area contributed by atoms with Gasteiger partial charge in [-0.25, -0.2) is 9.50 Å². The predicted molar refractivity (Wildman–Crippen MR) is 70.7 cm³/mol. The van der Waals surface area contributed by atoms with E-state index in [4.69, 9.17) is 11.6 Å². The van der Waals surface area contributed by atoms with Crippen LogP contribution >= 0.6 is 11.6 Å². The second-order valence-electron chi connectivity index (χ2n) is 4.98. The van der Waals surface area contributed by atoms with E-state index in [-0.39, 0.29) is 5.41 Å². The van der Waals surface area contributed by atoms with Gasteiger partial charge in [-0.05, 0) is 30.5 Å². The minimum Gasteiger partial charge on any atom is -0.211 e. The van der Waals surface area contributed by atoms with Crippen molar-refractivity contribution in [2.75, 3.05) is 0 Å².